The first-order valence-electron chi connectivity index (χ1n) is 5.77. The summed E-state index contributed by atoms with van der Waals surface area (Å²) < 4.78 is 0. The summed E-state index contributed by atoms with van der Waals surface area (Å²) in [5.74, 6) is 0.523. The van der Waals surface area contributed by atoms with Crippen LogP contribution in [0.4, 0.5) is 0 Å². The highest BCUT2D eigenvalue weighted by Crippen LogP contribution is 2.29. The maximum Gasteiger partial charge on any atom is 0.0236 e. The van der Waals surface area contributed by atoms with Crippen LogP contribution in [0.1, 0.15) is 29.5 Å². The van der Waals surface area contributed by atoms with Gasteiger partial charge < -0.3 is 5.73 Å². The maximum absolute atomic E-state index is 5.88. The molecule has 0 aromatic heterocycles. The topological polar surface area (TPSA) is 29.3 Å². The van der Waals surface area contributed by atoms with E-state index in [0.717, 1.165) is 26.2 Å². The molecule has 1 aliphatic rings. The number of nitrogens with zero attached hydrogens (tertiary/aromatic N) is 1. The van der Waals surface area contributed by atoms with Crippen molar-refractivity contribution in [2.45, 2.75) is 26.3 Å². The molecule has 0 fully saturated rings. The Bertz CT molecular complexity index is 346. The molecule has 2 N–H and O–H groups in total. The van der Waals surface area contributed by atoms with Crippen LogP contribution >= 0.6 is 0 Å². The molecule has 1 aromatic carbocycles. The van der Waals surface area contributed by atoms with Gasteiger partial charge in [0.05, 0.1) is 0 Å². The van der Waals surface area contributed by atoms with E-state index in [9.17, 15) is 0 Å². The Morgan fingerprint density at radius 2 is 2.27 bits per heavy atom. The van der Waals surface area contributed by atoms with E-state index in [1.54, 1.807) is 0 Å². The summed E-state index contributed by atoms with van der Waals surface area (Å²) >= 11 is 0. The van der Waals surface area contributed by atoms with E-state index in [4.69, 9.17) is 5.73 Å². The van der Waals surface area contributed by atoms with Gasteiger partial charge in [0.15, 0.2) is 0 Å². The molecule has 1 atom stereocenters. The molecule has 0 amide bonds. The second-order valence-electron chi connectivity index (χ2n) is 4.41. The van der Waals surface area contributed by atoms with Crippen molar-refractivity contribution in [2.75, 3.05) is 19.6 Å². The van der Waals surface area contributed by atoms with Gasteiger partial charge in [-0.1, -0.05) is 25.1 Å². The molecule has 1 aromatic rings. The molecule has 15 heavy (non-hydrogen) atoms. The molecule has 0 bridgehead atoms. The van der Waals surface area contributed by atoms with Crippen molar-refractivity contribution in [1.29, 1.82) is 0 Å². The van der Waals surface area contributed by atoms with Gasteiger partial charge >= 0.3 is 0 Å². The van der Waals surface area contributed by atoms with Crippen LogP contribution in [-0.2, 0) is 6.54 Å². The predicted octanol–water partition coefficient (Wildman–Crippen LogP) is 1.87. The van der Waals surface area contributed by atoms with E-state index in [2.05, 4.69) is 36.9 Å². The molecule has 2 nitrogen and oxygen atoms in total. The summed E-state index contributed by atoms with van der Waals surface area (Å²) in [6, 6.07) is 6.59. The van der Waals surface area contributed by atoms with Gasteiger partial charge in [0.1, 0.15) is 0 Å². The number of likely N-dealkylation sites (N-methyl/N-ethyl adjacent to an activating group) is 1. The molecule has 0 radical (unpaired) electrons. The fraction of sp³-hybridized carbons (Fsp3) is 0.538. The molecule has 2 heteroatoms. The Morgan fingerprint density at radius 3 is 2.93 bits per heavy atom. The van der Waals surface area contributed by atoms with E-state index < -0.39 is 0 Å². The first kappa shape index (κ1) is 10.7. The first-order chi connectivity index (χ1) is 7.26. The van der Waals surface area contributed by atoms with Crippen LogP contribution in [0.3, 0.4) is 0 Å². The summed E-state index contributed by atoms with van der Waals surface area (Å²) in [6.07, 6.45) is 0. The highest BCUT2D eigenvalue weighted by Gasteiger charge is 2.24. The lowest BCUT2D eigenvalue weighted by Crippen LogP contribution is -2.36. The SMILES string of the molecule is CCN1Cc2cccc(C)c2C(CN)C1. The fourth-order valence-corrected chi connectivity index (χ4v) is 2.61. The van der Waals surface area contributed by atoms with Crippen LogP contribution < -0.4 is 5.73 Å². The van der Waals surface area contributed by atoms with E-state index in [1.807, 2.05) is 0 Å². The normalized spacial score (nSPS) is 21.4. The Kier molecular flexibility index (Phi) is 3.08. The average Bonchev–Trinajstić information content (AvgIpc) is 2.27. The van der Waals surface area contributed by atoms with E-state index >= 15 is 0 Å². The molecule has 1 aliphatic heterocycles. The highest BCUT2D eigenvalue weighted by atomic mass is 15.1. The Morgan fingerprint density at radius 1 is 1.47 bits per heavy atom. The number of hydrogen-bond acceptors (Lipinski definition) is 2. The van der Waals surface area contributed by atoms with Gasteiger partial charge in [-0.15, -0.1) is 0 Å². The van der Waals surface area contributed by atoms with Crippen molar-refractivity contribution in [3.8, 4) is 0 Å². The Labute approximate surface area is 92.1 Å². The van der Waals surface area contributed by atoms with Crippen molar-refractivity contribution >= 4 is 0 Å². The number of fused-ring (bicyclic) bond motifs is 1. The van der Waals surface area contributed by atoms with Crippen molar-refractivity contribution < 1.29 is 0 Å². The van der Waals surface area contributed by atoms with Gasteiger partial charge in [0, 0.05) is 25.6 Å². The predicted molar refractivity (Wildman–Crippen MR) is 63.9 cm³/mol. The minimum Gasteiger partial charge on any atom is -0.330 e. The molecule has 0 spiro atoms. The van der Waals surface area contributed by atoms with Crippen molar-refractivity contribution in [3.05, 3.63) is 34.9 Å². The van der Waals surface area contributed by atoms with Crippen LogP contribution in [0, 0.1) is 6.92 Å². The van der Waals surface area contributed by atoms with Gasteiger partial charge in [0.25, 0.3) is 0 Å². The third kappa shape index (κ3) is 1.92. The van der Waals surface area contributed by atoms with Gasteiger partial charge in [0.2, 0.25) is 0 Å². The molecule has 2 rings (SSSR count). The van der Waals surface area contributed by atoms with E-state index in [0.29, 0.717) is 5.92 Å². The average molecular weight is 204 g/mol. The lowest BCUT2D eigenvalue weighted by atomic mass is 9.86. The molecular weight excluding hydrogens is 184 g/mol. The smallest absolute Gasteiger partial charge is 0.0236 e. The summed E-state index contributed by atoms with van der Waals surface area (Å²) in [6.45, 7) is 8.49. The summed E-state index contributed by atoms with van der Waals surface area (Å²) in [5, 5.41) is 0. The van der Waals surface area contributed by atoms with Crippen LogP contribution in [0.25, 0.3) is 0 Å². The second kappa shape index (κ2) is 4.33. The lowest BCUT2D eigenvalue weighted by Gasteiger charge is -2.34. The minimum absolute atomic E-state index is 0.523. The molecule has 1 unspecified atom stereocenters. The quantitative estimate of drug-likeness (QED) is 0.797. The van der Waals surface area contributed by atoms with E-state index in [1.165, 1.54) is 16.7 Å². The Balaban J connectivity index is 2.40. The number of nitrogens with two attached hydrogens (primary N) is 1. The zero-order valence-corrected chi connectivity index (χ0v) is 9.66. The Hall–Kier alpha value is -0.860. The summed E-state index contributed by atoms with van der Waals surface area (Å²) in [5.41, 5.74) is 10.3. The zero-order chi connectivity index (χ0) is 10.8. The van der Waals surface area contributed by atoms with Gasteiger partial charge in [-0.2, -0.15) is 0 Å². The van der Waals surface area contributed by atoms with Crippen LogP contribution in [0.15, 0.2) is 18.2 Å². The summed E-state index contributed by atoms with van der Waals surface area (Å²) in [7, 11) is 0. The third-order valence-electron chi connectivity index (χ3n) is 3.43. The number of hydrogen-bond donors (Lipinski definition) is 1. The molecule has 0 saturated carbocycles. The number of benzene rings is 1. The lowest BCUT2D eigenvalue weighted by molar-refractivity contribution is 0.243. The molecule has 0 saturated heterocycles. The molecule has 0 aliphatic carbocycles. The number of rotatable bonds is 2. The largest absolute Gasteiger partial charge is 0.330 e. The molecular formula is C13H20N2. The summed E-state index contributed by atoms with van der Waals surface area (Å²) in [4.78, 5) is 2.47. The monoisotopic (exact) mass is 204 g/mol. The van der Waals surface area contributed by atoms with Crippen molar-refractivity contribution in [3.63, 3.8) is 0 Å². The van der Waals surface area contributed by atoms with Gasteiger partial charge in [-0.25, -0.2) is 0 Å². The first-order valence-corrected chi connectivity index (χ1v) is 5.77. The fourth-order valence-electron chi connectivity index (χ4n) is 2.61. The van der Waals surface area contributed by atoms with Crippen LogP contribution in [-0.4, -0.2) is 24.5 Å². The highest BCUT2D eigenvalue weighted by molar-refractivity contribution is 5.39. The molecule has 1 heterocycles. The standard InChI is InChI=1S/C13H20N2/c1-3-15-8-11-6-4-5-10(2)13(11)12(7-14)9-15/h4-6,12H,3,7-9,14H2,1-2H3. The van der Waals surface area contributed by atoms with Crippen molar-refractivity contribution in [1.82, 2.24) is 4.90 Å². The molecule has 82 valence electrons. The third-order valence-corrected chi connectivity index (χ3v) is 3.43. The zero-order valence-electron chi connectivity index (χ0n) is 9.66. The second-order valence-corrected chi connectivity index (χ2v) is 4.41. The minimum atomic E-state index is 0.523. The van der Waals surface area contributed by atoms with Crippen molar-refractivity contribution in [2.24, 2.45) is 5.73 Å². The van der Waals surface area contributed by atoms with Gasteiger partial charge in [-0.05, 0) is 30.2 Å². The van der Waals surface area contributed by atoms with Crippen LogP contribution in [0.5, 0.6) is 0 Å². The number of aryl methyl sites for hydroxylation is 1. The van der Waals surface area contributed by atoms with Gasteiger partial charge in [-0.3, -0.25) is 4.90 Å². The van der Waals surface area contributed by atoms with E-state index in [-0.39, 0.29) is 0 Å². The maximum atomic E-state index is 5.88. The van der Waals surface area contributed by atoms with Crippen LogP contribution in [0.2, 0.25) is 0 Å².